The van der Waals surface area contributed by atoms with E-state index in [2.05, 4.69) is 53.2 Å². The van der Waals surface area contributed by atoms with Gasteiger partial charge in [-0.3, -0.25) is 10.3 Å². The number of rotatable bonds is 11. The molecular weight excluding hydrogens is 390 g/mol. The summed E-state index contributed by atoms with van der Waals surface area (Å²) >= 11 is 0. The highest BCUT2D eigenvalue weighted by atomic mass is 16.5. The van der Waals surface area contributed by atoms with E-state index in [0.29, 0.717) is 12.5 Å². The first-order chi connectivity index (χ1) is 15.2. The first kappa shape index (κ1) is 23.0. The number of benzene rings is 1. The molecule has 1 N–H and O–H groups in total. The van der Waals surface area contributed by atoms with Crippen LogP contribution in [0.25, 0.3) is 0 Å². The Kier molecular flexibility index (Phi) is 9.12. The lowest BCUT2D eigenvalue weighted by Gasteiger charge is -2.26. The van der Waals surface area contributed by atoms with E-state index in [1.165, 1.54) is 5.56 Å². The molecule has 2 aromatic rings. The third-order valence-corrected chi connectivity index (χ3v) is 5.20. The van der Waals surface area contributed by atoms with Crippen LogP contribution >= 0.6 is 0 Å². The maximum absolute atomic E-state index is 6.03. The number of ether oxygens (including phenoxy) is 2. The number of aryl methyl sites for hydroxylation is 1. The van der Waals surface area contributed by atoms with Crippen LogP contribution in [-0.4, -0.2) is 68.6 Å². The lowest BCUT2D eigenvalue weighted by atomic mass is 10.2. The highest BCUT2D eigenvalue weighted by molar-refractivity contribution is 5.80. The van der Waals surface area contributed by atoms with E-state index < -0.39 is 0 Å². The van der Waals surface area contributed by atoms with Crippen LogP contribution in [-0.2, 0) is 4.74 Å². The zero-order valence-electron chi connectivity index (χ0n) is 19.0. The number of nitrogens with one attached hydrogen (secondary N) is 1. The van der Waals surface area contributed by atoms with E-state index >= 15 is 0 Å². The third kappa shape index (κ3) is 7.52. The molecule has 0 radical (unpaired) electrons. The fourth-order valence-electron chi connectivity index (χ4n) is 3.53. The lowest BCUT2D eigenvalue weighted by molar-refractivity contribution is 0.0320. The van der Waals surface area contributed by atoms with Crippen LogP contribution in [0.3, 0.4) is 0 Å². The van der Waals surface area contributed by atoms with Gasteiger partial charge >= 0.3 is 0 Å². The molecule has 1 aromatic heterocycles. The van der Waals surface area contributed by atoms with Crippen molar-refractivity contribution in [2.45, 2.75) is 27.2 Å². The maximum Gasteiger partial charge on any atom is 0.217 e. The molecule has 0 spiro atoms. The summed E-state index contributed by atoms with van der Waals surface area (Å²) in [6.07, 6.45) is 2.89. The number of hydrogen-bond donors (Lipinski definition) is 1. The highest BCUT2D eigenvalue weighted by Crippen LogP contribution is 2.23. The van der Waals surface area contributed by atoms with Gasteiger partial charge in [-0.25, -0.2) is 0 Å². The Morgan fingerprint density at radius 1 is 1.23 bits per heavy atom. The second kappa shape index (κ2) is 12.3. The summed E-state index contributed by atoms with van der Waals surface area (Å²) in [4.78, 5) is 9.36. The molecule has 168 valence electrons. The van der Waals surface area contributed by atoms with Gasteiger partial charge in [-0.2, -0.15) is 10.1 Å². The number of morpholine rings is 1. The normalized spacial score (nSPS) is 14.7. The number of nitrogens with zero attached hydrogens (tertiary/aromatic N) is 4. The zero-order chi connectivity index (χ0) is 21.9. The van der Waals surface area contributed by atoms with E-state index in [1.54, 1.807) is 0 Å². The molecule has 3 rings (SSSR count). The van der Waals surface area contributed by atoms with E-state index in [9.17, 15) is 0 Å². The van der Waals surface area contributed by atoms with E-state index in [1.807, 2.05) is 30.5 Å². The molecule has 0 aliphatic carbocycles. The van der Waals surface area contributed by atoms with Crippen LogP contribution in [0.15, 0.2) is 41.5 Å². The van der Waals surface area contributed by atoms with Crippen LogP contribution in [0.5, 0.6) is 5.88 Å². The Bertz CT molecular complexity index is 836. The Labute approximate surface area is 186 Å². The average molecular weight is 426 g/mol. The van der Waals surface area contributed by atoms with Crippen LogP contribution in [0.2, 0.25) is 0 Å². The SMILES string of the molecule is CCCN(CC)c1cc(N/N=C/c2cccc(C)c2)cc(OCCN2CCOCC2)n1. The van der Waals surface area contributed by atoms with E-state index in [-0.39, 0.29) is 0 Å². The highest BCUT2D eigenvalue weighted by Gasteiger charge is 2.12. The van der Waals surface area contributed by atoms with Crippen molar-refractivity contribution in [3.05, 3.63) is 47.5 Å². The predicted molar refractivity (Wildman–Crippen MR) is 128 cm³/mol. The summed E-state index contributed by atoms with van der Waals surface area (Å²) in [6.45, 7) is 13.2. The fourth-order valence-corrected chi connectivity index (χ4v) is 3.53. The smallest absolute Gasteiger partial charge is 0.217 e. The van der Waals surface area contributed by atoms with Gasteiger partial charge in [0.25, 0.3) is 0 Å². The van der Waals surface area contributed by atoms with Gasteiger partial charge in [0.1, 0.15) is 12.4 Å². The summed E-state index contributed by atoms with van der Waals surface area (Å²) in [7, 11) is 0. The average Bonchev–Trinajstić information content (AvgIpc) is 2.78. The molecule has 0 bridgehead atoms. The number of aromatic nitrogens is 1. The quantitative estimate of drug-likeness (QED) is 0.437. The zero-order valence-corrected chi connectivity index (χ0v) is 19.0. The van der Waals surface area contributed by atoms with Crippen molar-refractivity contribution in [2.24, 2.45) is 5.10 Å². The van der Waals surface area contributed by atoms with Crippen molar-refractivity contribution in [1.29, 1.82) is 0 Å². The van der Waals surface area contributed by atoms with Gasteiger partial charge in [0.15, 0.2) is 0 Å². The van der Waals surface area contributed by atoms with Gasteiger partial charge in [0.2, 0.25) is 5.88 Å². The number of hydrazone groups is 1. The van der Waals surface area contributed by atoms with Crippen LogP contribution < -0.4 is 15.1 Å². The van der Waals surface area contributed by atoms with Gasteiger partial charge in [-0.15, -0.1) is 0 Å². The van der Waals surface area contributed by atoms with Crippen LogP contribution in [0.4, 0.5) is 11.5 Å². The van der Waals surface area contributed by atoms with E-state index in [0.717, 1.165) is 69.4 Å². The minimum atomic E-state index is 0.600. The minimum absolute atomic E-state index is 0.600. The second-order valence-corrected chi connectivity index (χ2v) is 7.72. The third-order valence-electron chi connectivity index (χ3n) is 5.20. The molecule has 7 nitrogen and oxygen atoms in total. The molecule has 0 saturated carbocycles. The van der Waals surface area contributed by atoms with Crippen molar-refractivity contribution in [3.63, 3.8) is 0 Å². The second-order valence-electron chi connectivity index (χ2n) is 7.72. The summed E-state index contributed by atoms with van der Waals surface area (Å²) < 4.78 is 11.4. The molecule has 1 aromatic carbocycles. The summed E-state index contributed by atoms with van der Waals surface area (Å²) in [6, 6.07) is 12.2. The molecule has 31 heavy (non-hydrogen) atoms. The molecule has 2 heterocycles. The molecule has 1 aliphatic rings. The van der Waals surface area contributed by atoms with Gasteiger partial charge < -0.3 is 14.4 Å². The van der Waals surface area contributed by atoms with Crippen molar-refractivity contribution in [3.8, 4) is 5.88 Å². The van der Waals surface area contributed by atoms with Crippen molar-refractivity contribution in [2.75, 3.05) is 62.9 Å². The Balaban J connectivity index is 1.69. The van der Waals surface area contributed by atoms with Gasteiger partial charge in [-0.05, 0) is 25.8 Å². The van der Waals surface area contributed by atoms with Crippen LogP contribution in [0.1, 0.15) is 31.4 Å². The standard InChI is InChI=1S/C24H35N5O2/c1-4-9-29(5-2)23-17-22(27-25-19-21-8-6-7-20(3)16-21)18-24(26-23)31-15-12-28-10-13-30-14-11-28/h6-8,16-19H,4-5,9-15H2,1-3H3,(H,26,27)/b25-19+. The number of anilines is 2. The molecule has 1 fully saturated rings. The van der Waals surface area contributed by atoms with Crippen molar-refractivity contribution in [1.82, 2.24) is 9.88 Å². The van der Waals surface area contributed by atoms with E-state index in [4.69, 9.17) is 14.5 Å². The van der Waals surface area contributed by atoms with Crippen molar-refractivity contribution >= 4 is 17.7 Å². The first-order valence-electron chi connectivity index (χ1n) is 11.2. The fraction of sp³-hybridized carbons (Fsp3) is 0.500. The molecule has 7 heteroatoms. The largest absolute Gasteiger partial charge is 0.476 e. The van der Waals surface area contributed by atoms with Gasteiger partial charge in [-0.1, -0.05) is 36.8 Å². The van der Waals surface area contributed by atoms with Gasteiger partial charge in [0.05, 0.1) is 25.1 Å². The lowest BCUT2D eigenvalue weighted by Crippen LogP contribution is -2.38. The number of pyridine rings is 1. The monoisotopic (exact) mass is 425 g/mol. The first-order valence-corrected chi connectivity index (χ1v) is 11.2. The maximum atomic E-state index is 6.03. The van der Waals surface area contributed by atoms with Crippen molar-refractivity contribution < 1.29 is 9.47 Å². The molecule has 1 aliphatic heterocycles. The summed E-state index contributed by atoms with van der Waals surface area (Å²) in [5, 5.41) is 4.42. The number of hydrogen-bond acceptors (Lipinski definition) is 7. The molecular formula is C24H35N5O2. The molecule has 0 amide bonds. The molecule has 0 atom stereocenters. The summed E-state index contributed by atoms with van der Waals surface area (Å²) in [5.41, 5.74) is 6.29. The Morgan fingerprint density at radius 2 is 2.06 bits per heavy atom. The molecule has 1 saturated heterocycles. The Morgan fingerprint density at radius 3 is 2.81 bits per heavy atom. The Hall–Kier alpha value is -2.64. The predicted octanol–water partition coefficient (Wildman–Crippen LogP) is 3.78. The molecule has 0 unspecified atom stereocenters. The van der Waals surface area contributed by atoms with Crippen LogP contribution in [0, 0.1) is 6.92 Å². The summed E-state index contributed by atoms with van der Waals surface area (Å²) in [5.74, 6) is 1.52. The minimum Gasteiger partial charge on any atom is -0.476 e. The topological polar surface area (TPSA) is 62.2 Å². The van der Waals surface area contributed by atoms with Gasteiger partial charge in [0, 0.05) is 44.9 Å².